The molecule has 300 valence electrons. The van der Waals surface area contributed by atoms with Crippen LogP contribution in [0.1, 0.15) is 207 Å². The van der Waals surface area contributed by atoms with E-state index in [1.54, 1.807) is 6.92 Å². The number of phosphoric ester groups is 1. The van der Waals surface area contributed by atoms with Crippen LogP contribution in [0.5, 0.6) is 0 Å². The lowest BCUT2D eigenvalue weighted by atomic mass is 10.0. The van der Waals surface area contributed by atoms with E-state index in [4.69, 9.17) is 18.5 Å². The molecule has 0 aromatic heterocycles. The van der Waals surface area contributed by atoms with Crippen molar-refractivity contribution in [2.24, 2.45) is 0 Å². The summed E-state index contributed by atoms with van der Waals surface area (Å²) in [4.78, 5) is 35.2. The summed E-state index contributed by atoms with van der Waals surface area (Å²) in [5.74, 6) is -0.803. The SMILES string of the molecule is CCCCC/C=C\C/C=C\CCCCCCCC(=O)O[C@H](COC(=O)CCCCCCCCCCCCCCC)COP(=O)(O)OC(C)CCC. The second-order valence-electron chi connectivity index (χ2n) is 14.2. The minimum atomic E-state index is -4.36. The van der Waals surface area contributed by atoms with Crippen molar-refractivity contribution in [1.29, 1.82) is 0 Å². The van der Waals surface area contributed by atoms with E-state index in [1.807, 2.05) is 6.92 Å². The molecule has 51 heavy (non-hydrogen) atoms. The van der Waals surface area contributed by atoms with Gasteiger partial charge in [0.05, 0.1) is 12.7 Å². The number of carbonyl (C=O) groups excluding carboxylic acids is 2. The van der Waals surface area contributed by atoms with E-state index in [0.29, 0.717) is 19.3 Å². The molecule has 0 rings (SSSR count). The van der Waals surface area contributed by atoms with Gasteiger partial charge in [0.1, 0.15) is 6.61 Å². The van der Waals surface area contributed by atoms with Crippen molar-refractivity contribution < 1.29 is 37.6 Å². The molecule has 0 aromatic carbocycles. The van der Waals surface area contributed by atoms with E-state index < -0.39 is 32.6 Å². The summed E-state index contributed by atoms with van der Waals surface area (Å²) in [5, 5.41) is 0. The summed E-state index contributed by atoms with van der Waals surface area (Å²) < 4.78 is 33.8. The van der Waals surface area contributed by atoms with Gasteiger partial charge in [-0.1, -0.05) is 161 Å². The van der Waals surface area contributed by atoms with Gasteiger partial charge < -0.3 is 14.4 Å². The second kappa shape index (κ2) is 36.9. The van der Waals surface area contributed by atoms with Crippen LogP contribution in [0.4, 0.5) is 0 Å². The number of hydrogen-bond acceptors (Lipinski definition) is 7. The number of rotatable bonds is 38. The number of unbranched alkanes of at least 4 members (excludes halogenated alkanes) is 20. The monoisotopic (exact) mass is 743 g/mol. The maximum Gasteiger partial charge on any atom is 0.472 e. The largest absolute Gasteiger partial charge is 0.472 e. The van der Waals surface area contributed by atoms with Gasteiger partial charge in [-0.3, -0.25) is 18.6 Å². The maximum atomic E-state index is 12.6. The Balaban J connectivity index is 4.37. The molecule has 3 atom stereocenters. The predicted molar refractivity (Wildman–Crippen MR) is 212 cm³/mol. The normalized spacial score (nSPS) is 14.2. The number of hydrogen-bond donors (Lipinski definition) is 1. The third kappa shape index (κ3) is 36.7. The van der Waals surface area contributed by atoms with E-state index in [2.05, 4.69) is 38.2 Å². The molecule has 0 radical (unpaired) electrons. The Morgan fingerprint density at radius 1 is 0.588 bits per heavy atom. The Morgan fingerprint density at radius 2 is 1.04 bits per heavy atom. The summed E-state index contributed by atoms with van der Waals surface area (Å²) in [7, 11) is -4.36. The van der Waals surface area contributed by atoms with E-state index >= 15 is 0 Å². The maximum absolute atomic E-state index is 12.6. The highest BCUT2D eigenvalue weighted by Gasteiger charge is 2.28. The highest BCUT2D eigenvalue weighted by molar-refractivity contribution is 7.47. The van der Waals surface area contributed by atoms with Crippen LogP contribution in [0.3, 0.4) is 0 Å². The summed E-state index contributed by atoms with van der Waals surface area (Å²) in [6.07, 6.45) is 37.4. The fourth-order valence-corrected chi connectivity index (χ4v) is 6.86. The van der Waals surface area contributed by atoms with Gasteiger partial charge in [0, 0.05) is 12.8 Å². The Bertz CT molecular complexity index is 905. The third-order valence-electron chi connectivity index (χ3n) is 8.98. The highest BCUT2D eigenvalue weighted by Crippen LogP contribution is 2.45. The fraction of sp³-hybridized carbons (Fsp3) is 0.857. The average molecular weight is 743 g/mol. The van der Waals surface area contributed by atoms with Crippen LogP contribution in [0, 0.1) is 0 Å². The summed E-state index contributed by atoms with van der Waals surface area (Å²) in [5.41, 5.74) is 0. The molecular formula is C42H79O8P. The van der Waals surface area contributed by atoms with Crippen LogP contribution >= 0.6 is 7.82 Å². The quantitative estimate of drug-likeness (QED) is 0.0288. The van der Waals surface area contributed by atoms with Gasteiger partial charge >= 0.3 is 19.8 Å². The Labute approximate surface area is 313 Å². The van der Waals surface area contributed by atoms with Crippen molar-refractivity contribution in [3.8, 4) is 0 Å². The van der Waals surface area contributed by atoms with Crippen LogP contribution < -0.4 is 0 Å². The van der Waals surface area contributed by atoms with Crippen LogP contribution in [-0.2, 0) is 32.7 Å². The van der Waals surface area contributed by atoms with Gasteiger partial charge in [0.15, 0.2) is 6.10 Å². The molecule has 0 heterocycles. The molecule has 0 aliphatic carbocycles. The minimum Gasteiger partial charge on any atom is -0.462 e. The second-order valence-corrected chi connectivity index (χ2v) is 15.6. The smallest absolute Gasteiger partial charge is 0.462 e. The first-order valence-electron chi connectivity index (χ1n) is 21.0. The Morgan fingerprint density at radius 3 is 1.57 bits per heavy atom. The summed E-state index contributed by atoms with van der Waals surface area (Å²) >= 11 is 0. The molecule has 0 fully saturated rings. The van der Waals surface area contributed by atoms with Gasteiger partial charge in [-0.25, -0.2) is 4.57 Å². The lowest BCUT2D eigenvalue weighted by Crippen LogP contribution is -2.29. The molecular weight excluding hydrogens is 663 g/mol. The first-order valence-corrected chi connectivity index (χ1v) is 22.5. The summed E-state index contributed by atoms with van der Waals surface area (Å²) in [6.45, 7) is 7.52. The predicted octanol–water partition coefficient (Wildman–Crippen LogP) is 13.1. The zero-order valence-corrected chi connectivity index (χ0v) is 34.3. The molecule has 9 heteroatoms. The van der Waals surface area contributed by atoms with Crippen molar-refractivity contribution in [3.05, 3.63) is 24.3 Å². The lowest BCUT2D eigenvalue weighted by molar-refractivity contribution is -0.161. The number of carbonyl (C=O) groups is 2. The van der Waals surface area contributed by atoms with Crippen molar-refractivity contribution in [2.45, 2.75) is 220 Å². The Hall–Kier alpha value is -1.47. The van der Waals surface area contributed by atoms with Gasteiger partial charge in [-0.15, -0.1) is 0 Å². The van der Waals surface area contributed by atoms with E-state index in [0.717, 1.165) is 64.2 Å². The first kappa shape index (κ1) is 49.5. The zero-order chi connectivity index (χ0) is 37.7. The van der Waals surface area contributed by atoms with Gasteiger partial charge in [-0.05, 0) is 58.3 Å². The van der Waals surface area contributed by atoms with Crippen LogP contribution in [0.2, 0.25) is 0 Å². The van der Waals surface area contributed by atoms with Crippen LogP contribution in [0.25, 0.3) is 0 Å². The van der Waals surface area contributed by atoms with E-state index in [-0.39, 0.29) is 19.0 Å². The molecule has 1 N–H and O–H groups in total. The van der Waals surface area contributed by atoms with E-state index in [1.165, 1.54) is 89.9 Å². The van der Waals surface area contributed by atoms with Crippen molar-refractivity contribution >= 4 is 19.8 Å². The van der Waals surface area contributed by atoms with E-state index in [9.17, 15) is 19.0 Å². The molecule has 0 amide bonds. The standard InChI is InChI=1S/C42H79O8P/c1-5-8-10-12-14-16-18-20-21-23-25-27-29-31-33-36-42(44)49-40(38-48-51(45,46)50-39(4)34-7-3)37-47-41(43)35-32-30-28-26-24-22-19-17-15-13-11-9-6-2/h14,16,20-21,39-40H,5-13,15,17-19,22-38H2,1-4H3,(H,45,46)/b16-14-,21-20-/t39?,40-/m1/s1. The minimum absolute atomic E-state index is 0.226. The molecule has 0 spiro atoms. The Kier molecular flexibility index (Phi) is 35.8. The molecule has 0 saturated heterocycles. The number of phosphoric acid groups is 1. The lowest BCUT2D eigenvalue weighted by Gasteiger charge is -2.21. The molecule has 0 saturated carbocycles. The average Bonchev–Trinajstić information content (AvgIpc) is 3.09. The van der Waals surface area contributed by atoms with Crippen LogP contribution in [0.15, 0.2) is 24.3 Å². The third-order valence-corrected chi connectivity index (χ3v) is 10.1. The molecule has 0 bridgehead atoms. The van der Waals surface area contributed by atoms with Gasteiger partial charge in [-0.2, -0.15) is 0 Å². The number of esters is 2. The van der Waals surface area contributed by atoms with Crippen molar-refractivity contribution in [3.63, 3.8) is 0 Å². The molecule has 0 aliphatic rings. The molecule has 8 nitrogen and oxygen atoms in total. The number of allylic oxidation sites excluding steroid dienone is 4. The van der Waals surface area contributed by atoms with Crippen LogP contribution in [-0.4, -0.2) is 42.3 Å². The van der Waals surface area contributed by atoms with Crippen molar-refractivity contribution in [2.75, 3.05) is 13.2 Å². The molecule has 0 aliphatic heterocycles. The zero-order valence-electron chi connectivity index (χ0n) is 33.4. The fourth-order valence-electron chi connectivity index (χ4n) is 5.88. The summed E-state index contributed by atoms with van der Waals surface area (Å²) in [6, 6.07) is 0. The van der Waals surface area contributed by atoms with Crippen molar-refractivity contribution in [1.82, 2.24) is 0 Å². The van der Waals surface area contributed by atoms with Gasteiger partial charge in [0.25, 0.3) is 0 Å². The topological polar surface area (TPSA) is 108 Å². The molecule has 2 unspecified atom stereocenters. The first-order chi connectivity index (χ1) is 24.7. The molecule has 0 aromatic rings. The van der Waals surface area contributed by atoms with Gasteiger partial charge in [0.2, 0.25) is 0 Å². The highest BCUT2D eigenvalue weighted by atomic mass is 31.2. The number of ether oxygens (including phenoxy) is 2.